The molecule has 4 rings (SSSR count). The van der Waals surface area contributed by atoms with Gasteiger partial charge in [-0.3, -0.25) is 4.90 Å². The van der Waals surface area contributed by atoms with Gasteiger partial charge in [-0.1, -0.05) is 24.3 Å². The average molecular weight is 324 g/mol. The molecule has 0 radical (unpaired) electrons. The molecule has 1 fully saturated rings. The summed E-state index contributed by atoms with van der Waals surface area (Å²) in [6.45, 7) is 3.96. The van der Waals surface area contributed by atoms with Gasteiger partial charge < -0.3 is 14.7 Å². The molecule has 126 valence electrons. The molecule has 0 amide bonds. The largest absolute Gasteiger partial charge is 0.497 e. The lowest BCUT2D eigenvalue weighted by molar-refractivity contribution is 0.0572. The third-order valence-corrected chi connectivity index (χ3v) is 5.39. The monoisotopic (exact) mass is 324 g/mol. The van der Waals surface area contributed by atoms with Crippen molar-refractivity contribution in [3.05, 3.63) is 59.7 Å². The molecule has 2 aromatic rings. The second-order valence-electron chi connectivity index (χ2n) is 6.64. The van der Waals surface area contributed by atoms with E-state index in [2.05, 4.69) is 40.1 Å². The van der Waals surface area contributed by atoms with Gasteiger partial charge in [-0.15, -0.1) is 0 Å². The Balaban J connectivity index is 1.40. The van der Waals surface area contributed by atoms with Crippen LogP contribution >= 0.6 is 0 Å². The smallest absolute Gasteiger partial charge is 0.119 e. The van der Waals surface area contributed by atoms with Crippen molar-refractivity contribution in [2.24, 2.45) is 0 Å². The number of ether oxygens (including phenoxy) is 1. The number of aliphatic hydroxyl groups is 1. The minimum atomic E-state index is -0.353. The lowest BCUT2D eigenvalue weighted by Gasteiger charge is -2.40. The van der Waals surface area contributed by atoms with Crippen molar-refractivity contribution < 1.29 is 9.84 Å². The van der Waals surface area contributed by atoms with Gasteiger partial charge >= 0.3 is 0 Å². The standard InChI is InChI=1S/C20H24N2O2/c1-24-17-8-6-16(7-9-17)21-10-12-22(13-11-21)19-14-15-4-2-3-5-18(15)20(19)23/h2-9,19-20,23H,10-14H2,1H3. The van der Waals surface area contributed by atoms with Gasteiger partial charge in [0.2, 0.25) is 0 Å². The van der Waals surface area contributed by atoms with E-state index in [0.717, 1.165) is 43.9 Å². The molecule has 1 aliphatic heterocycles. The number of anilines is 1. The quantitative estimate of drug-likeness (QED) is 0.941. The van der Waals surface area contributed by atoms with Crippen molar-refractivity contribution in [1.29, 1.82) is 0 Å². The molecule has 24 heavy (non-hydrogen) atoms. The molecule has 2 atom stereocenters. The molecule has 1 aliphatic carbocycles. The van der Waals surface area contributed by atoms with Gasteiger partial charge in [0.15, 0.2) is 0 Å². The van der Waals surface area contributed by atoms with E-state index in [9.17, 15) is 5.11 Å². The van der Waals surface area contributed by atoms with Crippen LogP contribution in [0.3, 0.4) is 0 Å². The van der Waals surface area contributed by atoms with Gasteiger partial charge in [-0.2, -0.15) is 0 Å². The lowest BCUT2D eigenvalue weighted by Crippen LogP contribution is -2.51. The van der Waals surface area contributed by atoms with Gasteiger partial charge in [-0.05, 0) is 41.8 Å². The Morgan fingerprint density at radius 3 is 2.33 bits per heavy atom. The van der Waals surface area contributed by atoms with E-state index in [-0.39, 0.29) is 12.1 Å². The van der Waals surface area contributed by atoms with E-state index < -0.39 is 0 Å². The van der Waals surface area contributed by atoms with E-state index in [0.29, 0.717) is 0 Å². The SMILES string of the molecule is COc1ccc(N2CCN(C3Cc4ccccc4C3O)CC2)cc1. The molecule has 1 N–H and O–H groups in total. The highest BCUT2D eigenvalue weighted by atomic mass is 16.5. The molecule has 1 saturated heterocycles. The van der Waals surface area contributed by atoms with Crippen molar-refractivity contribution in [3.8, 4) is 5.75 Å². The summed E-state index contributed by atoms with van der Waals surface area (Å²) in [5.41, 5.74) is 3.65. The van der Waals surface area contributed by atoms with E-state index in [1.54, 1.807) is 7.11 Å². The number of hydrogen-bond acceptors (Lipinski definition) is 4. The van der Waals surface area contributed by atoms with Crippen LogP contribution in [0, 0.1) is 0 Å². The highest BCUT2D eigenvalue weighted by molar-refractivity contribution is 5.49. The summed E-state index contributed by atoms with van der Waals surface area (Å²) in [5, 5.41) is 10.7. The summed E-state index contributed by atoms with van der Waals surface area (Å²) in [7, 11) is 1.69. The van der Waals surface area contributed by atoms with Crippen LogP contribution in [0.25, 0.3) is 0 Å². The number of methoxy groups -OCH3 is 1. The first-order valence-corrected chi connectivity index (χ1v) is 8.65. The molecule has 2 aliphatic rings. The Kier molecular flexibility index (Phi) is 4.17. The molecule has 2 aromatic carbocycles. The topological polar surface area (TPSA) is 35.9 Å². The molecule has 4 nitrogen and oxygen atoms in total. The minimum Gasteiger partial charge on any atom is -0.497 e. The molecule has 4 heteroatoms. The number of benzene rings is 2. The number of nitrogens with zero attached hydrogens (tertiary/aromatic N) is 2. The molecule has 2 unspecified atom stereocenters. The first kappa shape index (κ1) is 15.5. The zero-order chi connectivity index (χ0) is 16.5. The highest BCUT2D eigenvalue weighted by Crippen LogP contribution is 2.35. The van der Waals surface area contributed by atoms with Gasteiger partial charge in [0, 0.05) is 37.9 Å². The number of rotatable bonds is 3. The second kappa shape index (κ2) is 6.46. The van der Waals surface area contributed by atoms with E-state index in [1.807, 2.05) is 18.2 Å². The molecular weight excluding hydrogens is 300 g/mol. The Morgan fingerprint density at radius 1 is 0.958 bits per heavy atom. The summed E-state index contributed by atoms with van der Waals surface area (Å²) in [5.74, 6) is 0.893. The summed E-state index contributed by atoms with van der Waals surface area (Å²) in [6, 6.07) is 16.8. The highest BCUT2D eigenvalue weighted by Gasteiger charge is 2.36. The number of piperazine rings is 1. The molecular formula is C20H24N2O2. The average Bonchev–Trinajstić information content (AvgIpc) is 2.99. The third kappa shape index (κ3) is 2.76. The Bertz CT molecular complexity index is 693. The predicted molar refractivity (Wildman–Crippen MR) is 95.7 cm³/mol. The normalized spacial score (nSPS) is 24.0. The van der Waals surface area contributed by atoms with E-state index in [1.165, 1.54) is 11.3 Å². The second-order valence-corrected chi connectivity index (χ2v) is 6.64. The Labute approximate surface area is 143 Å². The van der Waals surface area contributed by atoms with Crippen LogP contribution in [-0.4, -0.2) is 49.3 Å². The Hall–Kier alpha value is -2.04. The predicted octanol–water partition coefficient (Wildman–Crippen LogP) is 2.48. The van der Waals surface area contributed by atoms with Crippen molar-refractivity contribution in [2.75, 3.05) is 38.2 Å². The van der Waals surface area contributed by atoms with Crippen molar-refractivity contribution in [3.63, 3.8) is 0 Å². The number of aliphatic hydroxyl groups excluding tert-OH is 1. The number of hydrogen-bond donors (Lipinski definition) is 1. The molecule has 0 aromatic heterocycles. The summed E-state index contributed by atoms with van der Waals surface area (Å²) in [6.07, 6.45) is 0.605. The fraction of sp³-hybridized carbons (Fsp3) is 0.400. The first-order valence-electron chi connectivity index (χ1n) is 8.65. The van der Waals surface area contributed by atoms with Gasteiger partial charge in [0.25, 0.3) is 0 Å². The molecule has 0 bridgehead atoms. The number of fused-ring (bicyclic) bond motifs is 1. The Morgan fingerprint density at radius 2 is 1.67 bits per heavy atom. The van der Waals surface area contributed by atoms with E-state index in [4.69, 9.17) is 4.74 Å². The molecule has 0 saturated carbocycles. The zero-order valence-electron chi connectivity index (χ0n) is 14.1. The first-order chi connectivity index (χ1) is 11.8. The van der Waals surface area contributed by atoms with Crippen molar-refractivity contribution >= 4 is 5.69 Å². The van der Waals surface area contributed by atoms with Crippen LogP contribution in [0.15, 0.2) is 48.5 Å². The zero-order valence-corrected chi connectivity index (χ0v) is 14.1. The van der Waals surface area contributed by atoms with Crippen LogP contribution in [0.4, 0.5) is 5.69 Å². The maximum atomic E-state index is 10.7. The maximum absolute atomic E-state index is 10.7. The summed E-state index contributed by atoms with van der Waals surface area (Å²) in [4.78, 5) is 4.86. The van der Waals surface area contributed by atoms with Crippen LogP contribution in [-0.2, 0) is 6.42 Å². The van der Waals surface area contributed by atoms with Gasteiger partial charge in [0.05, 0.1) is 13.2 Å². The summed E-state index contributed by atoms with van der Waals surface area (Å²) >= 11 is 0. The van der Waals surface area contributed by atoms with Gasteiger partial charge in [-0.25, -0.2) is 0 Å². The van der Waals surface area contributed by atoms with Gasteiger partial charge in [0.1, 0.15) is 5.75 Å². The molecule has 0 spiro atoms. The fourth-order valence-corrected chi connectivity index (χ4v) is 3.99. The van der Waals surface area contributed by atoms with Crippen LogP contribution < -0.4 is 9.64 Å². The van der Waals surface area contributed by atoms with Crippen LogP contribution in [0.1, 0.15) is 17.2 Å². The third-order valence-electron chi connectivity index (χ3n) is 5.39. The fourth-order valence-electron chi connectivity index (χ4n) is 3.99. The maximum Gasteiger partial charge on any atom is 0.119 e. The van der Waals surface area contributed by atoms with E-state index >= 15 is 0 Å². The lowest BCUT2D eigenvalue weighted by atomic mass is 10.1. The molecule has 1 heterocycles. The summed E-state index contributed by atoms with van der Waals surface area (Å²) < 4.78 is 5.23. The van der Waals surface area contributed by atoms with Crippen LogP contribution in [0.2, 0.25) is 0 Å². The van der Waals surface area contributed by atoms with Crippen LogP contribution in [0.5, 0.6) is 5.75 Å². The minimum absolute atomic E-state index is 0.223. The van der Waals surface area contributed by atoms with Crippen molar-refractivity contribution in [1.82, 2.24) is 4.90 Å². The van der Waals surface area contributed by atoms with Crippen molar-refractivity contribution in [2.45, 2.75) is 18.6 Å².